The van der Waals surface area contributed by atoms with Crippen molar-refractivity contribution < 1.29 is 9.53 Å². The van der Waals surface area contributed by atoms with E-state index < -0.39 is 0 Å². The SMILES string of the molecule is COc1ccc(C)cc1C(C)NC(=O)NCCCn1nc2n(c1=O)CCCC2. The molecular formula is C20H29N5O3. The van der Waals surface area contributed by atoms with Gasteiger partial charge in [-0.3, -0.25) is 4.57 Å². The Morgan fingerprint density at radius 1 is 1.36 bits per heavy atom. The number of carbonyl (C=O) groups excluding carboxylic acids is 1. The number of urea groups is 1. The lowest BCUT2D eigenvalue weighted by atomic mass is 10.0. The zero-order chi connectivity index (χ0) is 20.1. The largest absolute Gasteiger partial charge is 0.496 e. The van der Waals surface area contributed by atoms with E-state index in [0.29, 0.717) is 19.5 Å². The van der Waals surface area contributed by atoms with Crippen LogP contribution in [0.3, 0.4) is 0 Å². The fraction of sp³-hybridized carbons (Fsp3) is 0.550. The van der Waals surface area contributed by atoms with Crippen molar-refractivity contribution in [2.45, 2.75) is 58.7 Å². The van der Waals surface area contributed by atoms with Gasteiger partial charge in [-0.15, -0.1) is 0 Å². The number of aryl methyl sites for hydroxylation is 3. The Kier molecular flexibility index (Phi) is 6.38. The molecule has 1 aromatic carbocycles. The van der Waals surface area contributed by atoms with E-state index in [1.165, 1.54) is 4.68 Å². The lowest BCUT2D eigenvalue weighted by molar-refractivity contribution is 0.237. The van der Waals surface area contributed by atoms with Crippen LogP contribution >= 0.6 is 0 Å². The molecule has 1 unspecified atom stereocenters. The first-order valence-corrected chi connectivity index (χ1v) is 9.85. The van der Waals surface area contributed by atoms with Crippen LogP contribution in [0.1, 0.15) is 49.2 Å². The molecule has 2 aromatic rings. The Labute approximate surface area is 164 Å². The van der Waals surface area contributed by atoms with Gasteiger partial charge in [-0.05, 0) is 39.2 Å². The first kappa shape index (κ1) is 20.0. The zero-order valence-electron chi connectivity index (χ0n) is 16.8. The van der Waals surface area contributed by atoms with Crippen molar-refractivity contribution in [1.82, 2.24) is 25.0 Å². The molecule has 0 fully saturated rings. The smallest absolute Gasteiger partial charge is 0.345 e. The second-order valence-corrected chi connectivity index (χ2v) is 7.25. The van der Waals surface area contributed by atoms with Crippen LogP contribution in [0.15, 0.2) is 23.0 Å². The summed E-state index contributed by atoms with van der Waals surface area (Å²) in [4.78, 5) is 24.5. The molecule has 1 aromatic heterocycles. The van der Waals surface area contributed by atoms with Crippen molar-refractivity contribution in [2.75, 3.05) is 13.7 Å². The number of nitrogens with one attached hydrogen (secondary N) is 2. The number of hydrogen-bond donors (Lipinski definition) is 2. The number of benzene rings is 1. The molecule has 2 amide bonds. The lowest BCUT2D eigenvalue weighted by Crippen LogP contribution is -2.38. The highest BCUT2D eigenvalue weighted by Crippen LogP contribution is 2.25. The topological polar surface area (TPSA) is 90.2 Å². The number of aromatic nitrogens is 3. The number of hydrogen-bond acceptors (Lipinski definition) is 4. The molecule has 8 heteroatoms. The van der Waals surface area contributed by atoms with E-state index in [-0.39, 0.29) is 17.8 Å². The van der Waals surface area contributed by atoms with Crippen molar-refractivity contribution in [3.63, 3.8) is 0 Å². The maximum atomic E-state index is 12.3. The van der Waals surface area contributed by atoms with Gasteiger partial charge in [0.1, 0.15) is 11.6 Å². The molecule has 0 saturated carbocycles. The Morgan fingerprint density at radius 3 is 2.93 bits per heavy atom. The third kappa shape index (κ3) is 4.55. The molecule has 0 bridgehead atoms. The Bertz CT molecular complexity index is 886. The summed E-state index contributed by atoms with van der Waals surface area (Å²) in [7, 11) is 1.62. The van der Waals surface area contributed by atoms with Gasteiger partial charge in [0.2, 0.25) is 0 Å². The standard InChI is InChI=1S/C20H29N5O3/c1-14-8-9-17(28-3)16(13-14)15(2)22-19(26)21-10-6-12-25-20(27)24-11-5-4-7-18(24)23-25/h8-9,13,15H,4-7,10-12H2,1-3H3,(H2,21,22,26). The molecule has 0 saturated heterocycles. The maximum absolute atomic E-state index is 12.3. The van der Waals surface area contributed by atoms with Gasteiger partial charge < -0.3 is 15.4 Å². The molecule has 0 radical (unpaired) electrons. The average Bonchev–Trinajstić information content (AvgIpc) is 3.01. The third-order valence-electron chi connectivity index (χ3n) is 5.06. The number of nitrogens with zero attached hydrogens (tertiary/aromatic N) is 3. The molecule has 0 spiro atoms. The van der Waals surface area contributed by atoms with Gasteiger partial charge in [0.15, 0.2) is 0 Å². The molecule has 3 rings (SSSR count). The Hall–Kier alpha value is -2.77. The van der Waals surface area contributed by atoms with E-state index in [4.69, 9.17) is 4.74 Å². The van der Waals surface area contributed by atoms with Crippen molar-refractivity contribution in [1.29, 1.82) is 0 Å². The highest BCUT2D eigenvalue weighted by Gasteiger charge is 2.17. The average molecular weight is 387 g/mol. The summed E-state index contributed by atoms with van der Waals surface area (Å²) in [6, 6.07) is 5.47. The minimum Gasteiger partial charge on any atom is -0.496 e. The van der Waals surface area contributed by atoms with E-state index in [1.54, 1.807) is 11.7 Å². The fourth-order valence-corrected chi connectivity index (χ4v) is 3.54. The first-order chi connectivity index (χ1) is 13.5. The first-order valence-electron chi connectivity index (χ1n) is 9.85. The number of rotatable bonds is 7. The molecule has 2 N–H and O–H groups in total. The van der Waals surface area contributed by atoms with Gasteiger partial charge in [0.05, 0.1) is 13.2 Å². The van der Waals surface area contributed by atoms with Crippen LogP contribution in [0, 0.1) is 6.92 Å². The highest BCUT2D eigenvalue weighted by atomic mass is 16.5. The minimum atomic E-state index is -0.243. The van der Waals surface area contributed by atoms with Gasteiger partial charge in [0.25, 0.3) is 0 Å². The van der Waals surface area contributed by atoms with Crippen molar-refractivity contribution in [3.05, 3.63) is 45.6 Å². The molecule has 28 heavy (non-hydrogen) atoms. The van der Waals surface area contributed by atoms with Crippen LogP contribution in [-0.2, 0) is 19.5 Å². The quantitative estimate of drug-likeness (QED) is 0.713. The molecule has 2 heterocycles. The summed E-state index contributed by atoms with van der Waals surface area (Å²) < 4.78 is 8.66. The predicted octanol–water partition coefficient (Wildman–Crippen LogP) is 2.15. The van der Waals surface area contributed by atoms with Crippen molar-refractivity contribution in [3.8, 4) is 5.75 Å². The predicted molar refractivity (Wildman–Crippen MR) is 107 cm³/mol. The number of methoxy groups -OCH3 is 1. The van der Waals surface area contributed by atoms with Gasteiger partial charge in [-0.2, -0.15) is 5.10 Å². The molecular weight excluding hydrogens is 358 g/mol. The van der Waals surface area contributed by atoms with Crippen molar-refractivity contribution >= 4 is 6.03 Å². The summed E-state index contributed by atoms with van der Waals surface area (Å²) >= 11 is 0. The Balaban J connectivity index is 1.47. The van der Waals surface area contributed by atoms with E-state index in [2.05, 4.69) is 15.7 Å². The number of amides is 2. The maximum Gasteiger partial charge on any atom is 0.345 e. The van der Waals surface area contributed by atoms with Gasteiger partial charge in [-0.1, -0.05) is 17.7 Å². The molecule has 8 nitrogen and oxygen atoms in total. The molecule has 1 aliphatic heterocycles. The number of carbonyl (C=O) groups is 1. The summed E-state index contributed by atoms with van der Waals surface area (Å²) in [6.45, 7) is 5.66. The third-order valence-corrected chi connectivity index (χ3v) is 5.06. The van der Waals surface area contributed by atoms with Crippen LogP contribution in [0.4, 0.5) is 4.79 Å². The molecule has 1 aliphatic rings. The summed E-state index contributed by atoms with van der Waals surface area (Å²) in [5, 5.41) is 10.2. The normalized spacial score (nSPS) is 14.2. The second kappa shape index (κ2) is 8.95. The number of ether oxygens (including phenoxy) is 1. The molecule has 152 valence electrons. The van der Waals surface area contributed by atoms with Crippen LogP contribution in [-0.4, -0.2) is 34.0 Å². The Morgan fingerprint density at radius 2 is 2.18 bits per heavy atom. The monoisotopic (exact) mass is 387 g/mol. The highest BCUT2D eigenvalue weighted by molar-refractivity contribution is 5.74. The number of fused-ring (bicyclic) bond motifs is 1. The zero-order valence-corrected chi connectivity index (χ0v) is 16.8. The van der Waals surface area contributed by atoms with E-state index >= 15 is 0 Å². The summed E-state index contributed by atoms with van der Waals surface area (Å²) in [5.74, 6) is 1.63. The lowest BCUT2D eigenvalue weighted by Gasteiger charge is -2.18. The van der Waals surface area contributed by atoms with Gasteiger partial charge >= 0.3 is 11.7 Å². The fourth-order valence-electron chi connectivity index (χ4n) is 3.54. The second-order valence-electron chi connectivity index (χ2n) is 7.25. The van der Waals surface area contributed by atoms with Gasteiger partial charge in [0, 0.05) is 31.6 Å². The van der Waals surface area contributed by atoms with Crippen LogP contribution < -0.4 is 21.1 Å². The van der Waals surface area contributed by atoms with E-state index in [9.17, 15) is 9.59 Å². The molecule has 1 atom stereocenters. The summed E-state index contributed by atoms with van der Waals surface area (Å²) in [5.41, 5.74) is 2.00. The van der Waals surface area contributed by atoms with E-state index in [1.807, 2.05) is 32.0 Å². The summed E-state index contributed by atoms with van der Waals surface area (Å²) in [6.07, 6.45) is 3.63. The van der Waals surface area contributed by atoms with Crippen molar-refractivity contribution in [2.24, 2.45) is 0 Å². The van der Waals surface area contributed by atoms with Crippen LogP contribution in [0.2, 0.25) is 0 Å². The minimum absolute atomic E-state index is 0.0423. The van der Waals surface area contributed by atoms with E-state index in [0.717, 1.165) is 48.5 Å². The van der Waals surface area contributed by atoms with Crippen LogP contribution in [0.25, 0.3) is 0 Å². The van der Waals surface area contributed by atoms with Gasteiger partial charge in [-0.25, -0.2) is 14.3 Å². The van der Waals surface area contributed by atoms with Crippen LogP contribution in [0.5, 0.6) is 5.75 Å². The molecule has 0 aliphatic carbocycles.